The first-order valence-electron chi connectivity index (χ1n) is 4.60. The molecule has 0 aromatic heterocycles. The minimum atomic E-state index is -0.0741. The molecular formula is C10H19NO2. The maximum Gasteiger partial charge on any atom is 0.0974 e. The van der Waals surface area contributed by atoms with Gasteiger partial charge in [0, 0.05) is 19.2 Å². The van der Waals surface area contributed by atoms with E-state index in [0.29, 0.717) is 6.04 Å². The zero-order valence-corrected chi connectivity index (χ0v) is 8.66. The maximum atomic E-state index is 9.08. The predicted octanol–water partition coefficient (Wildman–Crippen LogP) is 0.642. The first-order chi connectivity index (χ1) is 6.09. The van der Waals surface area contributed by atoms with Gasteiger partial charge >= 0.3 is 0 Å². The highest BCUT2D eigenvalue weighted by Gasteiger charge is 2.58. The molecule has 1 aliphatic rings. The first kappa shape index (κ1) is 10.7. The quantitative estimate of drug-likeness (QED) is 0.504. The number of aliphatic hydroxyl groups is 1. The zero-order chi connectivity index (χ0) is 10.1. The molecule has 3 nitrogen and oxygen atoms in total. The molecule has 1 rings (SSSR count). The molecule has 0 aliphatic carbocycles. The standard InChI is InChI=1S/C10H19NO2/c1-5-6-11-9(10(11,2)3)8(7-12)13-4/h5,8-9,12H,1,6-7H2,2-4H3/t8-,9+,11?/m1/s1. The maximum absolute atomic E-state index is 9.08. The fourth-order valence-corrected chi connectivity index (χ4v) is 2.04. The third-order valence-corrected chi connectivity index (χ3v) is 2.89. The van der Waals surface area contributed by atoms with Gasteiger partial charge in [-0.15, -0.1) is 6.58 Å². The molecule has 0 radical (unpaired) electrons. The molecule has 1 heterocycles. The Morgan fingerprint density at radius 2 is 2.31 bits per heavy atom. The Kier molecular flexibility index (Phi) is 3.11. The molecule has 0 amide bonds. The van der Waals surface area contributed by atoms with Gasteiger partial charge in [0.1, 0.15) is 0 Å². The Morgan fingerprint density at radius 3 is 2.69 bits per heavy atom. The Bertz CT molecular complexity index is 187. The fourth-order valence-electron chi connectivity index (χ4n) is 2.04. The van der Waals surface area contributed by atoms with Crippen molar-refractivity contribution in [3.8, 4) is 0 Å². The highest BCUT2D eigenvalue weighted by Crippen LogP contribution is 2.42. The van der Waals surface area contributed by atoms with E-state index in [1.54, 1.807) is 7.11 Å². The molecule has 1 N–H and O–H groups in total. The smallest absolute Gasteiger partial charge is 0.0974 e. The highest BCUT2D eigenvalue weighted by molar-refractivity contribution is 5.15. The van der Waals surface area contributed by atoms with Crippen LogP contribution in [0.4, 0.5) is 0 Å². The normalized spacial score (nSPS) is 32.6. The number of rotatable bonds is 5. The summed E-state index contributed by atoms with van der Waals surface area (Å²) in [6, 6.07) is 0.320. The second-order valence-corrected chi connectivity index (χ2v) is 4.00. The molecule has 76 valence electrons. The summed E-state index contributed by atoms with van der Waals surface area (Å²) in [5.41, 5.74) is 0.137. The molecule has 1 unspecified atom stereocenters. The molecule has 1 saturated heterocycles. The average molecular weight is 185 g/mol. The Morgan fingerprint density at radius 1 is 1.69 bits per heavy atom. The van der Waals surface area contributed by atoms with Crippen molar-refractivity contribution in [3.63, 3.8) is 0 Å². The molecule has 3 atom stereocenters. The van der Waals surface area contributed by atoms with Crippen molar-refractivity contribution in [1.29, 1.82) is 0 Å². The summed E-state index contributed by atoms with van der Waals surface area (Å²) >= 11 is 0. The number of methoxy groups -OCH3 is 1. The summed E-state index contributed by atoms with van der Waals surface area (Å²) in [5, 5.41) is 9.08. The van der Waals surface area contributed by atoms with Gasteiger partial charge in [-0.2, -0.15) is 0 Å². The predicted molar refractivity (Wildman–Crippen MR) is 52.7 cm³/mol. The Labute approximate surface area is 80.0 Å². The molecule has 0 aromatic carbocycles. The van der Waals surface area contributed by atoms with Gasteiger partial charge in [0.2, 0.25) is 0 Å². The monoisotopic (exact) mass is 185 g/mol. The summed E-state index contributed by atoms with van der Waals surface area (Å²) in [4.78, 5) is 2.27. The van der Waals surface area contributed by atoms with E-state index in [9.17, 15) is 0 Å². The number of nitrogens with zero attached hydrogens (tertiary/aromatic N) is 1. The number of hydrogen-bond acceptors (Lipinski definition) is 3. The van der Waals surface area contributed by atoms with Crippen LogP contribution >= 0.6 is 0 Å². The third kappa shape index (κ3) is 1.77. The number of hydrogen-bond donors (Lipinski definition) is 1. The van der Waals surface area contributed by atoms with E-state index in [1.807, 2.05) is 6.08 Å². The van der Waals surface area contributed by atoms with Crippen LogP contribution in [0.2, 0.25) is 0 Å². The van der Waals surface area contributed by atoms with E-state index < -0.39 is 0 Å². The topological polar surface area (TPSA) is 32.5 Å². The first-order valence-corrected chi connectivity index (χ1v) is 4.60. The lowest BCUT2D eigenvalue weighted by Gasteiger charge is -2.11. The van der Waals surface area contributed by atoms with E-state index in [0.717, 1.165) is 6.54 Å². The van der Waals surface area contributed by atoms with Crippen molar-refractivity contribution in [2.75, 3.05) is 20.3 Å². The Hall–Kier alpha value is -0.380. The van der Waals surface area contributed by atoms with Crippen LogP contribution in [0.3, 0.4) is 0 Å². The summed E-state index contributed by atoms with van der Waals surface area (Å²) in [6.07, 6.45) is 1.81. The van der Waals surface area contributed by atoms with E-state index in [4.69, 9.17) is 9.84 Å². The van der Waals surface area contributed by atoms with Crippen LogP contribution in [0.25, 0.3) is 0 Å². The van der Waals surface area contributed by atoms with Gasteiger partial charge in [-0.25, -0.2) is 0 Å². The van der Waals surface area contributed by atoms with E-state index in [1.165, 1.54) is 0 Å². The molecule has 0 saturated carbocycles. The van der Waals surface area contributed by atoms with Crippen LogP contribution < -0.4 is 0 Å². The van der Waals surface area contributed by atoms with Crippen molar-refractivity contribution in [3.05, 3.63) is 12.7 Å². The minimum absolute atomic E-state index is 0.0741. The number of aliphatic hydroxyl groups excluding tert-OH is 1. The van der Waals surface area contributed by atoms with Crippen LogP contribution in [-0.2, 0) is 4.74 Å². The summed E-state index contributed by atoms with van der Waals surface area (Å²) in [5.74, 6) is 0. The van der Waals surface area contributed by atoms with Crippen LogP contribution in [-0.4, -0.2) is 48.0 Å². The van der Waals surface area contributed by atoms with E-state index in [2.05, 4.69) is 25.3 Å². The zero-order valence-electron chi connectivity index (χ0n) is 8.66. The van der Waals surface area contributed by atoms with Crippen molar-refractivity contribution in [2.45, 2.75) is 31.5 Å². The lowest BCUT2D eigenvalue weighted by molar-refractivity contribution is 0.0389. The Balaban J connectivity index is 2.57. The van der Waals surface area contributed by atoms with Gasteiger partial charge in [0.05, 0.1) is 18.8 Å². The molecule has 3 heteroatoms. The summed E-state index contributed by atoms with van der Waals surface area (Å²) in [6.45, 7) is 8.96. The van der Waals surface area contributed by atoms with Gasteiger partial charge in [-0.05, 0) is 13.8 Å². The fraction of sp³-hybridized carbons (Fsp3) is 0.800. The molecule has 0 aromatic rings. The van der Waals surface area contributed by atoms with Crippen molar-refractivity contribution < 1.29 is 9.84 Å². The summed E-state index contributed by atoms with van der Waals surface area (Å²) in [7, 11) is 1.64. The van der Waals surface area contributed by atoms with Crippen LogP contribution in [0.5, 0.6) is 0 Å². The van der Waals surface area contributed by atoms with E-state index in [-0.39, 0.29) is 18.2 Å². The molecule has 0 bridgehead atoms. The molecular weight excluding hydrogens is 166 g/mol. The molecule has 13 heavy (non-hydrogen) atoms. The third-order valence-electron chi connectivity index (χ3n) is 2.89. The van der Waals surface area contributed by atoms with Crippen molar-refractivity contribution in [2.24, 2.45) is 0 Å². The minimum Gasteiger partial charge on any atom is -0.394 e. The second kappa shape index (κ2) is 3.78. The largest absolute Gasteiger partial charge is 0.394 e. The van der Waals surface area contributed by atoms with Gasteiger partial charge in [-0.1, -0.05) is 6.08 Å². The summed E-state index contributed by atoms with van der Waals surface area (Å²) < 4.78 is 5.21. The van der Waals surface area contributed by atoms with Gasteiger partial charge in [0.15, 0.2) is 0 Å². The van der Waals surface area contributed by atoms with Gasteiger partial charge < -0.3 is 9.84 Å². The molecule has 1 aliphatic heterocycles. The van der Waals surface area contributed by atoms with Crippen LogP contribution in [0, 0.1) is 0 Å². The average Bonchev–Trinajstić information content (AvgIpc) is 2.60. The van der Waals surface area contributed by atoms with Gasteiger partial charge in [-0.3, -0.25) is 4.90 Å². The van der Waals surface area contributed by atoms with E-state index >= 15 is 0 Å². The SMILES string of the molecule is C=CCN1[C@@H]([C@@H](CO)OC)C1(C)C. The lowest BCUT2D eigenvalue weighted by atomic mass is 10.1. The highest BCUT2D eigenvalue weighted by atomic mass is 16.5. The number of ether oxygens (including phenoxy) is 1. The molecule has 1 fully saturated rings. The van der Waals surface area contributed by atoms with Crippen LogP contribution in [0.15, 0.2) is 12.7 Å². The van der Waals surface area contributed by atoms with Crippen LogP contribution in [0.1, 0.15) is 13.8 Å². The second-order valence-electron chi connectivity index (χ2n) is 4.00. The van der Waals surface area contributed by atoms with Crippen molar-refractivity contribution >= 4 is 0 Å². The lowest BCUT2D eigenvalue weighted by Crippen LogP contribution is -2.27. The molecule has 0 spiro atoms. The van der Waals surface area contributed by atoms with Crippen molar-refractivity contribution in [1.82, 2.24) is 4.90 Å². The van der Waals surface area contributed by atoms with Gasteiger partial charge in [0.25, 0.3) is 0 Å².